The minimum Gasteiger partial charge on any atom is -0.390 e. The lowest BCUT2D eigenvalue weighted by molar-refractivity contribution is -0.186. The normalized spacial score (nSPS) is 50.8. The van der Waals surface area contributed by atoms with Gasteiger partial charge in [-0.1, -0.05) is 27.7 Å². The molecule has 4 fully saturated rings. The Morgan fingerprint density at radius 2 is 1.73 bits per heavy atom. The van der Waals surface area contributed by atoms with Gasteiger partial charge in [0.1, 0.15) is 5.60 Å². The van der Waals surface area contributed by atoms with E-state index in [1.54, 1.807) is 13.0 Å². The second-order valence-corrected chi connectivity index (χ2v) is 13.1. The van der Waals surface area contributed by atoms with Crippen molar-refractivity contribution in [2.24, 2.45) is 34.0 Å². The predicted octanol–water partition coefficient (Wildman–Crippen LogP) is 2.70. The minimum absolute atomic E-state index is 0.101. The van der Waals surface area contributed by atoms with Gasteiger partial charge >= 0.3 is 0 Å². The number of hydrogen-bond donors (Lipinski definition) is 4. The molecule has 0 aromatic heterocycles. The van der Waals surface area contributed by atoms with Crippen molar-refractivity contribution in [2.45, 2.75) is 109 Å². The molecule has 9 atom stereocenters. The van der Waals surface area contributed by atoms with Crippen LogP contribution in [0.1, 0.15) is 86.0 Å². The Bertz CT molecular complexity index is 952. The Labute approximate surface area is 196 Å². The van der Waals surface area contributed by atoms with Crippen molar-refractivity contribution in [3.05, 3.63) is 11.6 Å². The monoisotopic (exact) mass is 460 g/mol. The smallest absolute Gasteiger partial charge is 0.165 e. The molecule has 0 heterocycles. The molecule has 0 aliphatic heterocycles. The number of hydrogen-bond acceptors (Lipinski definition) is 6. The lowest BCUT2D eigenvalue weighted by Crippen LogP contribution is -2.65. The lowest BCUT2D eigenvalue weighted by Gasteiger charge is -2.62. The van der Waals surface area contributed by atoms with Crippen LogP contribution in [0.3, 0.4) is 0 Å². The fourth-order valence-corrected chi connectivity index (χ4v) is 9.45. The lowest BCUT2D eigenvalue weighted by atomic mass is 9.43. The number of aliphatic hydroxyl groups excluding tert-OH is 1. The fraction of sp³-hybridized carbons (Fsp3) is 0.852. The van der Waals surface area contributed by atoms with Crippen LogP contribution in [-0.2, 0) is 9.59 Å². The largest absolute Gasteiger partial charge is 0.390 e. The maximum atomic E-state index is 13.2. The summed E-state index contributed by atoms with van der Waals surface area (Å²) in [6, 6.07) is 0. The van der Waals surface area contributed by atoms with Gasteiger partial charge in [-0.3, -0.25) is 9.59 Å². The van der Waals surface area contributed by atoms with E-state index in [4.69, 9.17) is 0 Å². The van der Waals surface area contributed by atoms with Gasteiger partial charge in [-0.15, -0.1) is 0 Å². The first-order valence-electron chi connectivity index (χ1n) is 12.8. The zero-order valence-electron chi connectivity index (χ0n) is 20.6. The van der Waals surface area contributed by atoms with E-state index in [2.05, 4.69) is 13.8 Å². The number of aliphatic hydroxyl groups is 4. The van der Waals surface area contributed by atoms with Crippen molar-refractivity contribution in [1.82, 2.24) is 0 Å². The summed E-state index contributed by atoms with van der Waals surface area (Å²) >= 11 is 0. The van der Waals surface area contributed by atoms with E-state index in [1.165, 1.54) is 0 Å². The number of allylic oxidation sites excluding steroid dienone is 1. The van der Waals surface area contributed by atoms with Gasteiger partial charge in [-0.05, 0) is 80.8 Å². The van der Waals surface area contributed by atoms with E-state index in [1.807, 2.05) is 13.8 Å². The number of rotatable bonds is 5. The van der Waals surface area contributed by atoms with Crippen LogP contribution in [0.5, 0.6) is 0 Å². The van der Waals surface area contributed by atoms with Crippen molar-refractivity contribution in [1.29, 1.82) is 0 Å². The van der Waals surface area contributed by atoms with Crippen LogP contribution in [0.4, 0.5) is 0 Å². The Balaban J connectivity index is 1.58. The number of carbonyl (C=O) groups is 2. The summed E-state index contributed by atoms with van der Waals surface area (Å²) < 4.78 is 0. The van der Waals surface area contributed by atoms with Crippen molar-refractivity contribution in [3.63, 3.8) is 0 Å². The molecule has 0 aromatic rings. The van der Waals surface area contributed by atoms with Crippen molar-refractivity contribution in [2.75, 3.05) is 0 Å². The molecule has 0 saturated heterocycles. The van der Waals surface area contributed by atoms with Crippen LogP contribution in [-0.4, -0.2) is 54.9 Å². The van der Waals surface area contributed by atoms with Crippen LogP contribution in [0, 0.1) is 34.0 Å². The molecule has 0 aromatic carbocycles. The first-order chi connectivity index (χ1) is 15.1. The van der Waals surface area contributed by atoms with Gasteiger partial charge < -0.3 is 20.4 Å². The van der Waals surface area contributed by atoms with Gasteiger partial charge in [0.25, 0.3) is 0 Å². The molecule has 1 spiro atoms. The van der Waals surface area contributed by atoms with Gasteiger partial charge in [-0.25, -0.2) is 0 Å². The molecule has 33 heavy (non-hydrogen) atoms. The summed E-state index contributed by atoms with van der Waals surface area (Å²) in [5.74, 6) is -0.670. The van der Waals surface area contributed by atoms with E-state index in [9.17, 15) is 30.0 Å². The summed E-state index contributed by atoms with van der Waals surface area (Å²) in [4.78, 5) is 26.3. The Hall–Kier alpha value is -1.08. The number of carbonyl (C=O) groups excluding carboxylic acids is 2. The molecule has 6 heteroatoms. The molecule has 0 amide bonds. The average Bonchev–Trinajstić information content (AvgIpc) is 3.13. The van der Waals surface area contributed by atoms with Crippen molar-refractivity contribution < 1.29 is 30.0 Å². The molecule has 184 valence electrons. The maximum absolute atomic E-state index is 13.2. The molecule has 6 nitrogen and oxygen atoms in total. The standard InChI is InChI=1S/C27H40O6/c1-15(2)6-7-20(29)24(5,31)18-8-9-26(32)19-12-17(28)16-13-27(33)21(30)14-23(16,4)25(19,27)11-10-22(18,26)3/h12,15-16,18,20,29,31-33H,6-11,13-14H2,1-5H3/t16-,18-,20+,22+,23-,24+,25+,26+,27+/m0/s1. The fourth-order valence-electron chi connectivity index (χ4n) is 9.45. The number of Topliss-reactive ketones (excluding diaryl/α,β-unsaturated/α-hetero) is 1. The Kier molecular flexibility index (Phi) is 4.71. The Morgan fingerprint density at radius 1 is 1.06 bits per heavy atom. The van der Waals surface area contributed by atoms with E-state index in [0.29, 0.717) is 43.6 Å². The average molecular weight is 461 g/mol. The topological polar surface area (TPSA) is 115 Å². The van der Waals surface area contributed by atoms with Crippen LogP contribution in [0.25, 0.3) is 0 Å². The third kappa shape index (κ3) is 2.39. The van der Waals surface area contributed by atoms with E-state index >= 15 is 0 Å². The highest BCUT2D eigenvalue weighted by molar-refractivity contribution is 6.04. The van der Waals surface area contributed by atoms with E-state index in [-0.39, 0.29) is 30.3 Å². The van der Waals surface area contributed by atoms with Gasteiger partial charge in [-0.2, -0.15) is 0 Å². The molecule has 5 aliphatic rings. The van der Waals surface area contributed by atoms with Crippen LogP contribution >= 0.6 is 0 Å². The number of ketones is 2. The highest BCUT2D eigenvalue weighted by Gasteiger charge is 2.85. The zero-order chi connectivity index (χ0) is 24.4. The first kappa shape index (κ1) is 23.7. The summed E-state index contributed by atoms with van der Waals surface area (Å²) in [6.07, 6.45) is 4.07. The highest BCUT2D eigenvalue weighted by Crippen LogP contribution is 2.81. The second kappa shape index (κ2) is 6.57. The minimum atomic E-state index is -1.61. The van der Waals surface area contributed by atoms with Crippen LogP contribution in [0.2, 0.25) is 0 Å². The highest BCUT2D eigenvalue weighted by atomic mass is 16.3. The summed E-state index contributed by atoms with van der Waals surface area (Å²) in [5.41, 5.74) is -6.30. The third-order valence-electron chi connectivity index (χ3n) is 11.4. The van der Waals surface area contributed by atoms with E-state index in [0.717, 1.165) is 6.42 Å². The summed E-state index contributed by atoms with van der Waals surface area (Å²) in [5, 5.41) is 46.7. The van der Waals surface area contributed by atoms with Gasteiger partial charge in [0, 0.05) is 23.2 Å². The first-order valence-corrected chi connectivity index (χ1v) is 12.8. The molecule has 0 radical (unpaired) electrons. The second-order valence-electron chi connectivity index (χ2n) is 13.1. The molecule has 4 saturated carbocycles. The van der Waals surface area contributed by atoms with Crippen LogP contribution < -0.4 is 0 Å². The molecule has 0 unspecified atom stereocenters. The maximum Gasteiger partial charge on any atom is 0.165 e. The molecule has 5 aliphatic carbocycles. The van der Waals surface area contributed by atoms with Gasteiger partial charge in [0.05, 0.1) is 17.3 Å². The molecule has 4 N–H and O–H groups in total. The van der Waals surface area contributed by atoms with Gasteiger partial charge in [0.2, 0.25) is 0 Å². The predicted molar refractivity (Wildman–Crippen MR) is 122 cm³/mol. The molecule has 4 bridgehead atoms. The summed E-state index contributed by atoms with van der Waals surface area (Å²) in [6.45, 7) is 9.76. The molecule has 5 rings (SSSR count). The quantitative estimate of drug-likeness (QED) is 0.501. The van der Waals surface area contributed by atoms with Crippen molar-refractivity contribution in [3.8, 4) is 0 Å². The summed E-state index contributed by atoms with van der Waals surface area (Å²) in [7, 11) is 0. The van der Waals surface area contributed by atoms with Gasteiger partial charge in [0.15, 0.2) is 11.6 Å². The van der Waals surface area contributed by atoms with Crippen LogP contribution in [0.15, 0.2) is 11.6 Å². The zero-order valence-corrected chi connectivity index (χ0v) is 20.6. The molecular formula is C27H40O6. The number of fused-ring (bicyclic) bond motifs is 2. The SMILES string of the molecule is CC(C)CC[C@@H](O)[C@](C)(O)[C@H]1CC[C@@]2(O)C3=CC(=O)[C@@H]4C[C@@]5(O)C(=O)C[C@]4(C)[C@@]35CC[C@]12C. The Morgan fingerprint density at radius 3 is 2.36 bits per heavy atom. The molecular weight excluding hydrogens is 420 g/mol. The van der Waals surface area contributed by atoms with E-state index < -0.39 is 45.1 Å². The third-order valence-corrected chi connectivity index (χ3v) is 11.4. The van der Waals surface area contributed by atoms with Crippen molar-refractivity contribution >= 4 is 11.6 Å².